The molecule has 0 aromatic carbocycles. The zero-order valence-electron chi connectivity index (χ0n) is 9.49. The van der Waals surface area contributed by atoms with Crippen molar-refractivity contribution < 1.29 is 4.79 Å². The van der Waals surface area contributed by atoms with E-state index in [2.05, 4.69) is 31.4 Å². The number of carbonyl (C=O) groups excluding carboxylic acids is 1. The second kappa shape index (κ2) is 6.96. The Morgan fingerprint density at radius 3 is 2.88 bits per heavy atom. The van der Waals surface area contributed by atoms with E-state index in [4.69, 9.17) is 0 Å². The topological polar surface area (TPSA) is 54.9 Å². The summed E-state index contributed by atoms with van der Waals surface area (Å²) in [7, 11) is 0. The molecule has 4 nitrogen and oxygen atoms in total. The summed E-state index contributed by atoms with van der Waals surface area (Å²) in [4.78, 5) is 11.7. The first-order chi connectivity index (χ1) is 7.67. The molecule has 16 heavy (non-hydrogen) atoms. The second-order valence-corrected chi connectivity index (χ2v) is 5.43. The molecular formula is C10H16BrN3OS. The van der Waals surface area contributed by atoms with Gasteiger partial charge in [0.2, 0.25) is 11.0 Å². The van der Waals surface area contributed by atoms with Gasteiger partial charge in [-0.3, -0.25) is 4.79 Å². The van der Waals surface area contributed by atoms with Crippen LogP contribution in [0.15, 0.2) is 0 Å². The SMILES string of the molecule is CCc1nnc(NC(=O)C(C)CCCBr)s1. The van der Waals surface area contributed by atoms with Crippen LogP contribution in [0.1, 0.15) is 31.7 Å². The summed E-state index contributed by atoms with van der Waals surface area (Å²) in [6.07, 6.45) is 2.74. The number of aryl methyl sites for hydroxylation is 1. The number of carbonyl (C=O) groups is 1. The van der Waals surface area contributed by atoms with E-state index in [9.17, 15) is 4.79 Å². The van der Waals surface area contributed by atoms with Crippen LogP contribution in [0.3, 0.4) is 0 Å². The van der Waals surface area contributed by atoms with Crippen LogP contribution in [0, 0.1) is 5.92 Å². The quantitative estimate of drug-likeness (QED) is 0.822. The van der Waals surface area contributed by atoms with E-state index < -0.39 is 0 Å². The van der Waals surface area contributed by atoms with Crippen LogP contribution in [0.2, 0.25) is 0 Å². The Morgan fingerprint density at radius 2 is 2.31 bits per heavy atom. The van der Waals surface area contributed by atoms with Crippen LogP contribution in [0.4, 0.5) is 5.13 Å². The first kappa shape index (κ1) is 13.6. The fourth-order valence-electron chi connectivity index (χ4n) is 1.19. The van der Waals surface area contributed by atoms with Crippen LogP contribution in [-0.2, 0) is 11.2 Å². The van der Waals surface area contributed by atoms with E-state index in [0.29, 0.717) is 5.13 Å². The van der Waals surface area contributed by atoms with Crippen LogP contribution >= 0.6 is 27.3 Å². The summed E-state index contributed by atoms with van der Waals surface area (Å²) in [5.41, 5.74) is 0. The van der Waals surface area contributed by atoms with Crippen LogP contribution < -0.4 is 5.32 Å². The third-order valence-electron chi connectivity index (χ3n) is 2.22. The molecule has 0 aliphatic heterocycles. The molecule has 0 aliphatic carbocycles. The van der Waals surface area contributed by atoms with E-state index in [1.54, 1.807) is 0 Å². The maximum Gasteiger partial charge on any atom is 0.229 e. The van der Waals surface area contributed by atoms with Crippen molar-refractivity contribution in [3.8, 4) is 0 Å². The largest absolute Gasteiger partial charge is 0.300 e. The minimum Gasteiger partial charge on any atom is -0.300 e. The number of rotatable bonds is 6. The fourth-order valence-corrected chi connectivity index (χ4v) is 2.20. The van der Waals surface area contributed by atoms with Gasteiger partial charge < -0.3 is 5.32 Å². The average Bonchev–Trinajstić information content (AvgIpc) is 2.73. The summed E-state index contributed by atoms with van der Waals surface area (Å²) < 4.78 is 0. The summed E-state index contributed by atoms with van der Waals surface area (Å²) in [6, 6.07) is 0. The number of aromatic nitrogens is 2. The molecule has 1 aromatic rings. The smallest absolute Gasteiger partial charge is 0.229 e. The Morgan fingerprint density at radius 1 is 1.56 bits per heavy atom. The van der Waals surface area contributed by atoms with E-state index in [1.807, 2.05) is 13.8 Å². The molecule has 0 bridgehead atoms. The Hall–Kier alpha value is -0.490. The van der Waals surface area contributed by atoms with Crippen molar-refractivity contribution in [1.82, 2.24) is 10.2 Å². The lowest BCUT2D eigenvalue weighted by Crippen LogP contribution is -2.20. The summed E-state index contributed by atoms with van der Waals surface area (Å²) in [5.74, 6) is 0.0475. The lowest BCUT2D eigenvalue weighted by molar-refractivity contribution is -0.119. The van der Waals surface area contributed by atoms with Gasteiger partial charge in [-0.1, -0.05) is 41.1 Å². The monoisotopic (exact) mass is 305 g/mol. The molecule has 90 valence electrons. The van der Waals surface area contributed by atoms with Gasteiger partial charge in [0, 0.05) is 11.2 Å². The zero-order valence-corrected chi connectivity index (χ0v) is 11.9. The molecule has 1 aromatic heterocycles. The molecule has 1 heterocycles. The minimum absolute atomic E-state index is 0.0199. The number of halogens is 1. The van der Waals surface area contributed by atoms with E-state index in [0.717, 1.165) is 29.6 Å². The van der Waals surface area contributed by atoms with E-state index >= 15 is 0 Å². The molecule has 0 radical (unpaired) electrons. The van der Waals surface area contributed by atoms with Gasteiger partial charge in [0.1, 0.15) is 5.01 Å². The number of amides is 1. The Bertz CT molecular complexity index is 343. The molecule has 0 spiro atoms. The van der Waals surface area contributed by atoms with Gasteiger partial charge in [-0.05, 0) is 19.3 Å². The number of hydrogen-bond donors (Lipinski definition) is 1. The summed E-state index contributed by atoms with van der Waals surface area (Å²) in [6.45, 7) is 3.95. The standard InChI is InChI=1S/C10H16BrN3OS/c1-3-8-13-14-10(16-8)12-9(15)7(2)5-4-6-11/h7H,3-6H2,1-2H3,(H,12,14,15). The van der Waals surface area contributed by atoms with Crippen LogP contribution in [-0.4, -0.2) is 21.4 Å². The summed E-state index contributed by atoms with van der Waals surface area (Å²) in [5, 5.41) is 13.2. The second-order valence-electron chi connectivity index (χ2n) is 3.58. The van der Waals surface area contributed by atoms with Gasteiger partial charge in [0.15, 0.2) is 0 Å². The third kappa shape index (κ3) is 4.17. The minimum atomic E-state index is 0.0199. The van der Waals surface area contributed by atoms with Crippen LogP contribution in [0.5, 0.6) is 0 Å². The fraction of sp³-hybridized carbons (Fsp3) is 0.700. The van der Waals surface area contributed by atoms with Crippen molar-refractivity contribution in [1.29, 1.82) is 0 Å². The van der Waals surface area contributed by atoms with Gasteiger partial charge in [-0.25, -0.2) is 0 Å². The Balaban J connectivity index is 2.44. The predicted molar refractivity (Wildman–Crippen MR) is 70.1 cm³/mol. The molecule has 1 rings (SSSR count). The lowest BCUT2D eigenvalue weighted by atomic mass is 10.1. The van der Waals surface area contributed by atoms with Gasteiger partial charge in [-0.2, -0.15) is 0 Å². The van der Waals surface area contributed by atoms with Gasteiger partial charge >= 0.3 is 0 Å². The molecule has 6 heteroatoms. The van der Waals surface area contributed by atoms with E-state index in [-0.39, 0.29) is 11.8 Å². The molecule has 0 saturated carbocycles. The van der Waals surface area contributed by atoms with Crippen molar-refractivity contribution in [2.75, 3.05) is 10.6 Å². The normalized spacial score (nSPS) is 12.4. The highest BCUT2D eigenvalue weighted by atomic mass is 79.9. The van der Waals surface area contributed by atoms with Gasteiger partial charge in [0.25, 0.3) is 0 Å². The maximum absolute atomic E-state index is 11.7. The van der Waals surface area contributed by atoms with Crippen molar-refractivity contribution in [3.05, 3.63) is 5.01 Å². The summed E-state index contributed by atoms with van der Waals surface area (Å²) >= 11 is 4.79. The average molecular weight is 306 g/mol. The number of nitrogens with one attached hydrogen (secondary N) is 1. The third-order valence-corrected chi connectivity index (χ3v) is 3.76. The van der Waals surface area contributed by atoms with Crippen molar-refractivity contribution in [2.24, 2.45) is 5.92 Å². The molecular weight excluding hydrogens is 290 g/mol. The number of alkyl halides is 1. The highest BCUT2D eigenvalue weighted by molar-refractivity contribution is 9.09. The Labute approximate surface area is 108 Å². The highest BCUT2D eigenvalue weighted by Gasteiger charge is 2.14. The number of nitrogens with zero attached hydrogens (tertiary/aromatic N) is 2. The zero-order chi connectivity index (χ0) is 12.0. The number of anilines is 1. The maximum atomic E-state index is 11.7. The first-order valence-electron chi connectivity index (χ1n) is 5.36. The van der Waals surface area contributed by atoms with Crippen molar-refractivity contribution in [2.45, 2.75) is 33.1 Å². The molecule has 0 fully saturated rings. The molecule has 1 N–H and O–H groups in total. The molecule has 1 unspecified atom stereocenters. The highest BCUT2D eigenvalue weighted by Crippen LogP contribution is 2.17. The van der Waals surface area contributed by atoms with E-state index in [1.165, 1.54) is 11.3 Å². The van der Waals surface area contributed by atoms with Crippen molar-refractivity contribution >= 4 is 38.3 Å². The lowest BCUT2D eigenvalue weighted by Gasteiger charge is -2.08. The first-order valence-corrected chi connectivity index (χ1v) is 7.30. The molecule has 0 saturated heterocycles. The van der Waals surface area contributed by atoms with Gasteiger partial charge in [0.05, 0.1) is 0 Å². The predicted octanol–water partition coefficient (Wildman–Crippen LogP) is 2.85. The van der Waals surface area contributed by atoms with Gasteiger partial charge in [-0.15, -0.1) is 10.2 Å². The number of hydrogen-bond acceptors (Lipinski definition) is 4. The van der Waals surface area contributed by atoms with Crippen molar-refractivity contribution in [3.63, 3.8) is 0 Å². The molecule has 1 atom stereocenters. The molecule has 0 aliphatic rings. The Kier molecular flexibility index (Phi) is 5.90. The molecule has 1 amide bonds. The van der Waals surface area contributed by atoms with Crippen LogP contribution in [0.25, 0.3) is 0 Å².